The van der Waals surface area contributed by atoms with Gasteiger partial charge in [0.05, 0.1) is 6.54 Å². The van der Waals surface area contributed by atoms with E-state index in [1.54, 1.807) is 11.4 Å². The molecule has 19 heavy (non-hydrogen) atoms. The van der Waals surface area contributed by atoms with E-state index in [0.29, 0.717) is 17.9 Å². The van der Waals surface area contributed by atoms with E-state index in [2.05, 4.69) is 26.7 Å². The molecular weight excluding hydrogens is 260 g/mol. The number of hydrogen-bond donors (Lipinski definition) is 2. The zero-order valence-corrected chi connectivity index (χ0v) is 11.1. The zero-order valence-electron chi connectivity index (χ0n) is 10.3. The molecule has 3 N–H and O–H groups in total. The van der Waals surface area contributed by atoms with Gasteiger partial charge in [0, 0.05) is 16.6 Å². The molecule has 0 saturated carbocycles. The lowest BCUT2D eigenvalue weighted by atomic mass is 10.1. The third kappa shape index (κ3) is 3.61. The third-order valence-corrected chi connectivity index (χ3v) is 2.77. The van der Waals surface area contributed by atoms with Gasteiger partial charge in [0.2, 0.25) is 0 Å². The van der Waals surface area contributed by atoms with Crippen molar-refractivity contribution in [3.63, 3.8) is 0 Å². The van der Waals surface area contributed by atoms with Gasteiger partial charge >= 0.3 is 0 Å². The molecule has 1 amide bonds. The highest BCUT2D eigenvalue weighted by atomic mass is 32.1. The SMILES string of the molecule is Cc1cc(C#CCN)cc(NC(=O)c2csnn2)c1. The molecule has 2 aromatic rings. The Kier molecular flexibility index (Phi) is 4.23. The summed E-state index contributed by atoms with van der Waals surface area (Å²) in [5.41, 5.74) is 8.15. The largest absolute Gasteiger partial charge is 0.321 e. The van der Waals surface area contributed by atoms with E-state index in [9.17, 15) is 4.79 Å². The van der Waals surface area contributed by atoms with Gasteiger partial charge in [0.25, 0.3) is 5.91 Å². The van der Waals surface area contributed by atoms with Gasteiger partial charge < -0.3 is 11.1 Å². The van der Waals surface area contributed by atoms with Crippen molar-refractivity contribution in [1.29, 1.82) is 0 Å². The number of rotatable bonds is 2. The summed E-state index contributed by atoms with van der Waals surface area (Å²) in [6.07, 6.45) is 0. The summed E-state index contributed by atoms with van der Waals surface area (Å²) in [5.74, 6) is 5.45. The second-order valence-corrected chi connectivity index (χ2v) is 4.45. The average Bonchev–Trinajstić information content (AvgIpc) is 2.89. The van der Waals surface area contributed by atoms with Crippen LogP contribution in [0, 0.1) is 18.8 Å². The Morgan fingerprint density at radius 1 is 1.47 bits per heavy atom. The van der Waals surface area contributed by atoms with Crippen LogP contribution in [0.25, 0.3) is 0 Å². The van der Waals surface area contributed by atoms with E-state index in [0.717, 1.165) is 22.7 Å². The van der Waals surface area contributed by atoms with Gasteiger partial charge in [0.1, 0.15) is 0 Å². The number of aryl methyl sites for hydroxylation is 1. The van der Waals surface area contributed by atoms with E-state index in [1.165, 1.54) is 0 Å². The maximum Gasteiger partial charge on any atom is 0.277 e. The van der Waals surface area contributed by atoms with E-state index >= 15 is 0 Å². The molecule has 0 aliphatic heterocycles. The molecule has 0 unspecified atom stereocenters. The second kappa shape index (κ2) is 6.09. The lowest BCUT2D eigenvalue weighted by molar-refractivity contribution is 0.102. The number of carbonyl (C=O) groups excluding carboxylic acids is 1. The molecule has 0 spiro atoms. The number of amides is 1. The maximum absolute atomic E-state index is 11.8. The summed E-state index contributed by atoms with van der Waals surface area (Å²) in [5, 5.41) is 8.08. The van der Waals surface area contributed by atoms with Crippen LogP contribution < -0.4 is 11.1 Å². The number of carbonyl (C=O) groups is 1. The first kappa shape index (κ1) is 13.2. The van der Waals surface area contributed by atoms with Crippen molar-refractivity contribution in [2.24, 2.45) is 5.73 Å². The van der Waals surface area contributed by atoms with Crippen LogP contribution in [0.2, 0.25) is 0 Å². The highest BCUT2D eigenvalue weighted by Gasteiger charge is 2.09. The summed E-state index contributed by atoms with van der Waals surface area (Å²) < 4.78 is 3.66. The van der Waals surface area contributed by atoms with Crippen molar-refractivity contribution in [1.82, 2.24) is 9.59 Å². The molecule has 96 valence electrons. The highest BCUT2D eigenvalue weighted by molar-refractivity contribution is 7.03. The first-order valence-electron chi connectivity index (χ1n) is 5.58. The Labute approximate surface area is 115 Å². The summed E-state index contributed by atoms with van der Waals surface area (Å²) in [6, 6.07) is 5.60. The molecule has 0 saturated heterocycles. The van der Waals surface area contributed by atoms with Crippen molar-refractivity contribution in [2.45, 2.75) is 6.92 Å². The predicted molar refractivity (Wildman–Crippen MR) is 75.0 cm³/mol. The fraction of sp³-hybridized carbons (Fsp3) is 0.154. The number of anilines is 1. The molecule has 0 aliphatic rings. The summed E-state index contributed by atoms with van der Waals surface area (Å²) >= 11 is 1.14. The number of nitrogens with one attached hydrogen (secondary N) is 1. The third-order valence-electron chi connectivity index (χ3n) is 2.26. The topological polar surface area (TPSA) is 80.9 Å². The van der Waals surface area contributed by atoms with Crippen molar-refractivity contribution >= 4 is 23.1 Å². The van der Waals surface area contributed by atoms with Crippen LogP contribution in [0.5, 0.6) is 0 Å². The van der Waals surface area contributed by atoms with Crippen LogP contribution in [-0.4, -0.2) is 22.0 Å². The molecule has 5 nitrogen and oxygen atoms in total. The molecular formula is C13H12N4OS. The second-order valence-electron chi connectivity index (χ2n) is 3.84. The fourth-order valence-electron chi connectivity index (χ4n) is 1.54. The lowest BCUT2D eigenvalue weighted by Crippen LogP contribution is -2.12. The van der Waals surface area contributed by atoms with E-state index in [4.69, 9.17) is 5.73 Å². The Morgan fingerprint density at radius 3 is 3.00 bits per heavy atom. The summed E-state index contributed by atoms with van der Waals surface area (Å²) in [7, 11) is 0. The Hall–Kier alpha value is -2.23. The van der Waals surface area contributed by atoms with Crippen molar-refractivity contribution in [3.05, 3.63) is 40.4 Å². The van der Waals surface area contributed by atoms with E-state index in [-0.39, 0.29) is 5.91 Å². The van der Waals surface area contributed by atoms with E-state index in [1.807, 2.05) is 19.1 Å². The minimum atomic E-state index is -0.280. The minimum absolute atomic E-state index is 0.280. The monoisotopic (exact) mass is 272 g/mol. The van der Waals surface area contributed by atoms with Crippen LogP contribution >= 0.6 is 11.5 Å². The first-order valence-corrected chi connectivity index (χ1v) is 6.42. The first-order chi connectivity index (χ1) is 9.19. The van der Waals surface area contributed by atoms with Crippen molar-refractivity contribution in [2.75, 3.05) is 11.9 Å². The van der Waals surface area contributed by atoms with Crippen LogP contribution in [0.4, 0.5) is 5.69 Å². The summed E-state index contributed by atoms with van der Waals surface area (Å²) in [4.78, 5) is 11.8. The Balaban J connectivity index is 2.20. The quantitative estimate of drug-likeness (QED) is 0.810. The molecule has 0 atom stereocenters. The normalized spacial score (nSPS) is 9.58. The number of aromatic nitrogens is 2. The van der Waals surface area contributed by atoms with E-state index < -0.39 is 0 Å². The number of benzene rings is 1. The number of hydrogen-bond acceptors (Lipinski definition) is 5. The van der Waals surface area contributed by atoms with Gasteiger partial charge in [-0.05, 0) is 42.2 Å². The Morgan fingerprint density at radius 2 is 2.32 bits per heavy atom. The molecule has 6 heteroatoms. The number of nitrogens with two attached hydrogens (primary N) is 1. The fourth-order valence-corrected chi connectivity index (χ4v) is 1.98. The standard InChI is InChI=1S/C13H12N4OS/c1-9-5-10(3-2-4-14)7-11(6-9)15-13(18)12-8-19-17-16-12/h5-8H,4,14H2,1H3,(H,15,18). The summed E-state index contributed by atoms with van der Waals surface area (Å²) in [6.45, 7) is 2.24. The molecule has 2 rings (SSSR count). The van der Waals surface area contributed by atoms with Gasteiger partial charge in [-0.25, -0.2) is 0 Å². The van der Waals surface area contributed by atoms with Gasteiger partial charge in [0.15, 0.2) is 5.69 Å². The molecule has 1 heterocycles. The average molecular weight is 272 g/mol. The molecule has 0 radical (unpaired) electrons. The zero-order chi connectivity index (χ0) is 13.7. The van der Waals surface area contributed by atoms with Crippen LogP contribution in [0.3, 0.4) is 0 Å². The minimum Gasteiger partial charge on any atom is -0.321 e. The molecule has 1 aromatic carbocycles. The highest BCUT2D eigenvalue weighted by Crippen LogP contribution is 2.15. The van der Waals surface area contributed by atoms with Gasteiger partial charge in [-0.3, -0.25) is 4.79 Å². The number of nitrogens with zero attached hydrogens (tertiary/aromatic N) is 2. The van der Waals surface area contributed by atoms with Gasteiger partial charge in [-0.15, -0.1) is 5.10 Å². The van der Waals surface area contributed by atoms with Crippen molar-refractivity contribution < 1.29 is 4.79 Å². The maximum atomic E-state index is 11.8. The van der Waals surface area contributed by atoms with Gasteiger partial charge in [-0.1, -0.05) is 16.3 Å². The Bertz CT molecular complexity index is 640. The van der Waals surface area contributed by atoms with Crippen LogP contribution in [-0.2, 0) is 0 Å². The lowest BCUT2D eigenvalue weighted by Gasteiger charge is -2.05. The molecule has 0 bridgehead atoms. The molecule has 1 aromatic heterocycles. The smallest absolute Gasteiger partial charge is 0.277 e. The van der Waals surface area contributed by atoms with Crippen LogP contribution in [0.15, 0.2) is 23.6 Å². The molecule has 0 aliphatic carbocycles. The van der Waals surface area contributed by atoms with Crippen LogP contribution in [0.1, 0.15) is 21.6 Å². The van der Waals surface area contributed by atoms with Crippen molar-refractivity contribution in [3.8, 4) is 11.8 Å². The van der Waals surface area contributed by atoms with Gasteiger partial charge in [-0.2, -0.15) is 0 Å². The molecule has 0 fully saturated rings. The predicted octanol–water partition coefficient (Wildman–Crippen LogP) is 1.41.